The van der Waals surface area contributed by atoms with E-state index < -0.39 is 5.97 Å². The molecule has 1 N–H and O–H groups in total. The van der Waals surface area contributed by atoms with Crippen LogP contribution in [0.3, 0.4) is 0 Å². The summed E-state index contributed by atoms with van der Waals surface area (Å²) in [6.07, 6.45) is 9.48. The highest BCUT2D eigenvalue weighted by Gasteiger charge is 2.32. The van der Waals surface area contributed by atoms with Gasteiger partial charge in [-0.1, -0.05) is 49.1 Å². The molecule has 1 saturated carbocycles. The summed E-state index contributed by atoms with van der Waals surface area (Å²) in [7, 11) is 0. The van der Waals surface area contributed by atoms with Crippen LogP contribution in [0, 0.1) is 18.8 Å². The number of carbonyl (C=O) groups excluding carboxylic acids is 2. The number of hydrogen-bond acceptors (Lipinski definition) is 3. The van der Waals surface area contributed by atoms with Gasteiger partial charge in [0.15, 0.2) is 5.78 Å². The predicted octanol–water partition coefficient (Wildman–Crippen LogP) is 4.75. The molecule has 0 radical (unpaired) electrons. The second kappa shape index (κ2) is 10.0. The fourth-order valence-corrected chi connectivity index (χ4v) is 3.64. The quantitative estimate of drug-likeness (QED) is 0.373. The molecule has 2 atom stereocenters. The Morgan fingerprint density at radius 2 is 1.96 bits per heavy atom. The number of aliphatic carboxylic acids is 1. The molecule has 0 heterocycles. The van der Waals surface area contributed by atoms with Gasteiger partial charge in [-0.05, 0) is 44.2 Å². The van der Waals surface area contributed by atoms with Gasteiger partial charge in [0.2, 0.25) is 0 Å². The van der Waals surface area contributed by atoms with Gasteiger partial charge in [0.1, 0.15) is 5.78 Å². The monoisotopic (exact) mass is 356 g/mol. The molecular weight excluding hydrogens is 328 g/mol. The van der Waals surface area contributed by atoms with Crippen molar-refractivity contribution in [3.05, 3.63) is 47.5 Å². The van der Waals surface area contributed by atoms with E-state index in [-0.39, 0.29) is 24.0 Å². The zero-order chi connectivity index (χ0) is 18.9. The highest BCUT2D eigenvalue weighted by Crippen LogP contribution is 2.34. The van der Waals surface area contributed by atoms with Crippen molar-refractivity contribution in [3.8, 4) is 0 Å². The molecule has 1 aliphatic rings. The van der Waals surface area contributed by atoms with E-state index in [1.54, 1.807) is 6.08 Å². The van der Waals surface area contributed by atoms with Crippen LogP contribution in [0.15, 0.2) is 36.4 Å². The third-order valence-electron chi connectivity index (χ3n) is 5.11. The summed E-state index contributed by atoms with van der Waals surface area (Å²) in [4.78, 5) is 35.0. The molecule has 0 spiro atoms. The molecule has 4 heteroatoms. The molecule has 1 fully saturated rings. The molecule has 0 saturated heterocycles. The number of rotatable bonds is 10. The summed E-state index contributed by atoms with van der Waals surface area (Å²) in [5.74, 6) is -0.306. The van der Waals surface area contributed by atoms with Crippen molar-refractivity contribution in [1.82, 2.24) is 0 Å². The van der Waals surface area contributed by atoms with Crippen LogP contribution in [0.25, 0.3) is 0 Å². The maximum Gasteiger partial charge on any atom is 0.303 e. The number of hydrogen-bond donors (Lipinski definition) is 1. The lowest BCUT2D eigenvalue weighted by Crippen LogP contribution is -2.13. The van der Waals surface area contributed by atoms with Gasteiger partial charge >= 0.3 is 5.97 Å². The number of carbonyl (C=O) groups is 3. The summed E-state index contributed by atoms with van der Waals surface area (Å²) >= 11 is 0. The van der Waals surface area contributed by atoms with Gasteiger partial charge in [-0.2, -0.15) is 0 Å². The van der Waals surface area contributed by atoms with Gasteiger partial charge in [-0.15, -0.1) is 0 Å². The largest absolute Gasteiger partial charge is 0.481 e. The zero-order valence-corrected chi connectivity index (χ0v) is 15.4. The summed E-state index contributed by atoms with van der Waals surface area (Å²) in [6, 6.07) is 7.53. The summed E-state index contributed by atoms with van der Waals surface area (Å²) in [5.41, 5.74) is 1.74. The first-order valence-electron chi connectivity index (χ1n) is 9.51. The predicted molar refractivity (Wildman–Crippen MR) is 101 cm³/mol. The molecule has 0 amide bonds. The molecule has 0 aliphatic heterocycles. The van der Waals surface area contributed by atoms with Crippen LogP contribution in [0.5, 0.6) is 0 Å². The Hall–Kier alpha value is -2.23. The third kappa shape index (κ3) is 6.25. The SMILES string of the molecule is Cc1cccc(C(=O)/C=C/C2CCC(=O)C2CCCCCCC(=O)O)c1. The Labute approximate surface area is 155 Å². The topological polar surface area (TPSA) is 71.4 Å². The lowest BCUT2D eigenvalue weighted by Gasteiger charge is -2.14. The fraction of sp³-hybridized carbons (Fsp3) is 0.500. The number of Topliss-reactive ketones (excluding diaryl/α,β-unsaturated/α-hetero) is 1. The van der Waals surface area contributed by atoms with Crippen LogP contribution in [0.1, 0.15) is 67.3 Å². The van der Waals surface area contributed by atoms with E-state index in [1.165, 1.54) is 0 Å². The number of allylic oxidation sites excluding steroid dienone is 2. The molecule has 2 unspecified atom stereocenters. The van der Waals surface area contributed by atoms with E-state index in [2.05, 4.69) is 0 Å². The van der Waals surface area contributed by atoms with Crippen LogP contribution in [-0.4, -0.2) is 22.6 Å². The Kier molecular flexibility index (Phi) is 7.76. The maximum absolute atomic E-state index is 12.3. The summed E-state index contributed by atoms with van der Waals surface area (Å²) in [6.45, 7) is 1.96. The van der Waals surface area contributed by atoms with Crippen LogP contribution in [-0.2, 0) is 9.59 Å². The lowest BCUT2D eigenvalue weighted by atomic mass is 9.89. The Morgan fingerprint density at radius 1 is 1.19 bits per heavy atom. The van der Waals surface area contributed by atoms with Gasteiger partial charge < -0.3 is 5.11 Å². The number of aryl methyl sites for hydroxylation is 1. The lowest BCUT2D eigenvalue weighted by molar-refractivity contribution is -0.137. The van der Waals surface area contributed by atoms with Gasteiger partial charge in [-0.3, -0.25) is 14.4 Å². The highest BCUT2D eigenvalue weighted by molar-refractivity contribution is 6.04. The van der Waals surface area contributed by atoms with Crippen molar-refractivity contribution in [3.63, 3.8) is 0 Å². The summed E-state index contributed by atoms with van der Waals surface area (Å²) < 4.78 is 0. The van der Waals surface area contributed by atoms with Crippen molar-refractivity contribution >= 4 is 17.5 Å². The first kappa shape index (κ1) is 20.1. The minimum Gasteiger partial charge on any atom is -0.481 e. The standard InChI is InChI=1S/C22H28O4/c1-16-7-6-8-18(15-16)20(23)13-11-17-12-14-21(24)19(17)9-4-2-3-5-10-22(25)26/h6-8,11,13,15,17,19H,2-5,9-10,12,14H2,1H3,(H,25,26)/b13-11+. The number of unbranched alkanes of at least 4 members (excludes halogenated alkanes) is 3. The van der Waals surface area contributed by atoms with Crippen LogP contribution in [0.4, 0.5) is 0 Å². The van der Waals surface area contributed by atoms with Crippen LogP contribution >= 0.6 is 0 Å². The molecule has 2 rings (SSSR count). The average molecular weight is 356 g/mol. The number of carboxylic acids is 1. The van der Waals surface area contributed by atoms with Gasteiger partial charge in [0.25, 0.3) is 0 Å². The van der Waals surface area contributed by atoms with Crippen LogP contribution < -0.4 is 0 Å². The van der Waals surface area contributed by atoms with E-state index in [0.717, 1.165) is 37.7 Å². The second-order valence-corrected chi connectivity index (χ2v) is 7.21. The molecule has 1 aliphatic carbocycles. The van der Waals surface area contributed by atoms with E-state index in [0.29, 0.717) is 24.2 Å². The fourth-order valence-electron chi connectivity index (χ4n) is 3.64. The van der Waals surface area contributed by atoms with Gasteiger partial charge in [0, 0.05) is 24.3 Å². The number of carboxylic acid groups (broad SMARTS) is 1. The normalized spacial score (nSPS) is 20.0. The molecule has 1 aromatic rings. The number of ketones is 2. The second-order valence-electron chi connectivity index (χ2n) is 7.21. The highest BCUT2D eigenvalue weighted by atomic mass is 16.4. The van der Waals surface area contributed by atoms with Crippen molar-refractivity contribution in [1.29, 1.82) is 0 Å². The van der Waals surface area contributed by atoms with Crippen molar-refractivity contribution in [2.75, 3.05) is 0 Å². The van der Waals surface area contributed by atoms with Gasteiger partial charge in [-0.25, -0.2) is 0 Å². The minimum atomic E-state index is -0.751. The van der Waals surface area contributed by atoms with Gasteiger partial charge in [0.05, 0.1) is 0 Å². The molecule has 140 valence electrons. The smallest absolute Gasteiger partial charge is 0.303 e. The maximum atomic E-state index is 12.3. The average Bonchev–Trinajstić information content (AvgIpc) is 2.95. The minimum absolute atomic E-state index is 0.0102. The molecule has 1 aromatic carbocycles. The first-order chi connectivity index (χ1) is 12.5. The van der Waals surface area contributed by atoms with E-state index in [9.17, 15) is 14.4 Å². The first-order valence-corrected chi connectivity index (χ1v) is 9.51. The molecule has 0 aromatic heterocycles. The van der Waals surface area contributed by atoms with E-state index in [1.807, 2.05) is 37.3 Å². The molecular formula is C22H28O4. The molecule has 26 heavy (non-hydrogen) atoms. The van der Waals surface area contributed by atoms with Crippen molar-refractivity contribution in [2.45, 2.75) is 58.3 Å². The number of benzene rings is 1. The van der Waals surface area contributed by atoms with E-state index >= 15 is 0 Å². The van der Waals surface area contributed by atoms with E-state index in [4.69, 9.17) is 5.11 Å². The summed E-state index contributed by atoms with van der Waals surface area (Å²) in [5, 5.41) is 8.63. The molecule has 0 bridgehead atoms. The van der Waals surface area contributed by atoms with Crippen molar-refractivity contribution < 1.29 is 19.5 Å². The Morgan fingerprint density at radius 3 is 2.69 bits per heavy atom. The Balaban J connectivity index is 1.82. The zero-order valence-electron chi connectivity index (χ0n) is 15.4. The molecule has 4 nitrogen and oxygen atoms in total. The Bertz CT molecular complexity index is 674. The third-order valence-corrected chi connectivity index (χ3v) is 5.11. The van der Waals surface area contributed by atoms with Crippen molar-refractivity contribution in [2.24, 2.45) is 11.8 Å². The van der Waals surface area contributed by atoms with Crippen LogP contribution in [0.2, 0.25) is 0 Å².